The first-order valence-electron chi connectivity index (χ1n) is 12.8. The Labute approximate surface area is 228 Å². The minimum atomic E-state index is -0.0407. The molecule has 0 aliphatic rings. The standard InChI is InChI=1S/C30H34N4O3S/c1-22-28(33-30(38-22)32-19-18-23-8-4-2-5-9-23)24-10-14-26(15-11-24)36-20-6-3-7-21-37-27-16-12-25(13-17-27)29(31)34-35/h2,4-5,8-17,35H,3,6-7,18-21H2,1H3,(H2,31,34)(H,32,33). The van der Waals surface area contributed by atoms with Gasteiger partial charge in [0.05, 0.1) is 18.9 Å². The van der Waals surface area contributed by atoms with Crippen LogP contribution in [0.3, 0.4) is 0 Å². The van der Waals surface area contributed by atoms with E-state index >= 15 is 0 Å². The van der Waals surface area contributed by atoms with E-state index in [9.17, 15) is 0 Å². The number of nitrogens with one attached hydrogen (secondary N) is 3. The van der Waals surface area contributed by atoms with Gasteiger partial charge in [-0.25, -0.2) is 4.98 Å². The number of hydrogen-bond donors (Lipinski definition) is 4. The fraction of sp³-hybridized carbons (Fsp3) is 0.267. The molecule has 0 atom stereocenters. The second-order valence-electron chi connectivity index (χ2n) is 8.88. The molecule has 4 N–H and O–H groups in total. The molecule has 0 radical (unpaired) electrons. The summed E-state index contributed by atoms with van der Waals surface area (Å²) in [5.41, 5.74) is 5.86. The van der Waals surface area contributed by atoms with E-state index < -0.39 is 0 Å². The molecule has 0 amide bonds. The van der Waals surface area contributed by atoms with Crippen molar-refractivity contribution in [2.45, 2.75) is 32.6 Å². The lowest BCUT2D eigenvalue weighted by molar-refractivity contribution is 0.234. The van der Waals surface area contributed by atoms with Crippen LogP contribution < -0.4 is 20.3 Å². The van der Waals surface area contributed by atoms with Crippen molar-refractivity contribution in [1.82, 2.24) is 10.5 Å². The minimum Gasteiger partial charge on any atom is -0.494 e. The van der Waals surface area contributed by atoms with Crippen LogP contribution >= 0.6 is 11.3 Å². The number of aromatic nitrogens is 1. The Kier molecular flexibility index (Phi) is 10.1. The normalized spacial score (nSPS) is 10.7. The molecule has 198 valence electrons. The van der Waals surface area contributed by atoms with Crippen molar-refractivity contribution < 1.29 is 14.7 Å². The van der Waals surface area contributed by atoms with E-state index in [2.05, 4.69) is 48.6 Å². The van der Waals surface area contributed by atoms with Gasteiger partial charge in [-0.15, -0.1) is 11.3 Å². The lowest BCUT2D eigenvalue weighted by atomic mass is 10.1. The Balaban J connectivity index is 1.13. The van der Waals surface area contributed by atoms with Crippen molar-refractivity contribution >= 4 is 22.3 Å². The Morgan fingerprint density at radius 3 is 2.13 bits per heavy atom. The quantitative estimate of drug-likeness (QED) is 0.0626. The zero-order valence-corrected chi connectivity index (χ0v) is 22.4. The van der Waals surface area contributed by atoms with Crippen LogP contribution in [0.5, 0.6) is 11.5 Å². The van der Waals surface area contributed by atoms with Gasteiger partial charge in [0.2, 0.25) is 0 Å². The van der Waals surface area contributed by atoms with Gasteiger partial charge in [-0.2, -0.15) is 0 Å². The van der Waals surface area contributed by atoms with Gasteiger partial charge in [0.1, 0.15) is 17.3 Å². The van der Waals surface area contributed by atoms with Gasteiger partial charge in [-0.05, 0) is 86.7 Å². The van der Waals surface area contributed by atoms with E-state index in [-0.39, 0.29) is 5.84 Å². The molecule has 3 aromatic carbocycles. The average Bonchev–Trinajstić information content (AvgIpc) is 3.33. The molecule has 1 aromatic heterocycles. The highest BCUT2D eigenvalue weighted by molar-refractivity contribution is 7.16. The van der Waals surface area contributed by atoms with Crippen LogP contribution in [-0.4, -0.2) is 35.8 Å². The molecule has 0 saturated carbocycles. The van der Waals surface area contributed by atoms with Crippen molar-refractivity contribution in [3.8, 4) is 22.8 Å². The van der Waals surface area contributed by atoms with E-state index in [1.165, 1.54) is 10.4 Å². The lowest BCUT2D eigenvalue weighted by Gasteiger charge is -2.09. The number of ether oxygens (including phenoxy) is 2. The van der Waals surface area contributed by atoms with Gasteiger partial charge in [0.25, 0.3) is 0 Å². The third-order valence-corrected chi connectivity index (χ3v) is 6.97. The molecular formula is C30H34N4O3S. The fourth-order valence-electron chi connectivity index (χ4n) is 3.95. The predicted octanol–water partition coefficient (Wildman–Crippen LogP) is 6.71. The smallest absolute Gasteiger partial charge is 0.183 e. The number of nitrogens with zero attached hydrogens (tertiary/aromatic N) is 1. The third-order valence-electron chi connectivity index (χ3n) is 6.04. The molecule has 0 unspecified atom stereocenters. The number of benzene rings is 3. The summed E-state index contributed by atoms with van der Waals surface area (Å²) >= 11 is 1.69. The van der Waals surface area contributed by atoms with Crippen molar-refractivity contribution in [1.29, 1.82) is 5.41 Å². The number of unbranched alkanes of at least 4 members (excludes halogenated alkanes) is 2. The highest BCUT2D eigenvalue weighted by Crippen LogP contribution is 2.31. The van der Waals surface area contributed by atoms with Gasteiger partial charge < -0.3 is 14.8 Å². The lowest BCUT2D eigenvalue weighted by Crippen LogP contribution is -2.18. The molecule has 0 bridgehead atoms. The number of amidine groups is 1. The summed E-state index contributed by atoms with van der Waals surface area (Å²) in [5, 5.41) is 20.7. The first kappa shape index (κ1) is 27.2. The largest absolute Gasteiger partial charge is 0.494 e. The number of anilines is 1. The van der Waals surface area contributed by atoms with Crippen molar-refractivity contribution in [2.24, 2.45) is 0 Å². The molecule has 38 heavy (non-hydrogen) atoms. The van der Waals surface area contributed by atoms with Gasteiger partial charge in [0.15, 0.2) is 5.13 Å². The fourth-order valence-corrected chi connectivity index (χ4v) is 4.81. The number of hydrogen-bond acceptors (Lipinski definition) is 7. The zero-order chi connectivity index (χ0) is 26.6. The first-order chi connectivity index (χ1) is 18.6. The molecule has 8 heteroatoms. The van der Waals surface area contributed by atoms with E-state index in [1.54, 1.807) is 35.6 Å². The Morgan fingerprint density at radius 1 is 0.868 bits per heavy atom. The Hall–Kier alpha value is -3.88. The second kappa shape index (κ2) is 14.2. The molecule has 7 nitrogen and oxygen atoms in total. The SMILES string of the molecule is Cc1sc(NCCc2ccccc2)nc1-c1ccc(OCCCCCOc2ccc(C(=N)NO)cc2)cc1. The topological polar surface area (TPSA) is 99.5 Å². The molecule has 0 aliphatic heterocycles. The van der Waals surface area contributed by atoms with Gasteiger partial charge in [-0.3, -0.25) is 16.1 Å². The van der Waals surface area contributed by atoms with Crippen LogP contribution in [0.1, 0.15) is 35.3 Å². The summed E-state index contributed by atoms with van der Waals surface area (Å²) in [5.74, 6) is 1.57. The van der Waals surface area contributed by atoms with Crippen LogP contribution in [-0.2, 0) is 6.42 Å². The summed E-state index contributed by atoms with van der Waals surface area (Å²) in [6, 6.07) is 25.7. The highest BCUT2D eigenvalue weighted by atomic mass is 32.1. The monoisotopic (exact) mass is 530 g/mol. The van der Waals surface area contributed by atoms with E-state index in [0.717, 1.165) is 60.1 Å². The van der Waals surface area contributed by atoms with Crippen LogP contribution in [0.25, 0.3) is 11.3 Å². The molecule has 0 fully saturated rings. The van der Waals surface area contributed by atoms with Crippen LogP contribution in [0.15, 0.2) is 78.9 Å². The van der Waals surface area contributed by atoms with Crippen LogP contribution in [0, 0.1) is 12.3 Å². The van der Waals surface area contributed by atoms with Gasteiger partial charge >= 0.3 is 0 Å². The van der Waals surface area contributed by atoms with Gasteiger partial charge in [-0.1, -0.05) is 30.3 Å². The molecule has 4 rings (SSSR count). The Bertz CT molecular complexity index is 1280. The maximum atomic E-state index is 8.78. The van der Waals surface area contributed by atoms with Crippen molar-refractivity contribution in [2.75, 3.05) is 25.1 Å². The zero-order valence-electron chi connectivity index (χ0n) is 21.6. The van der Waals surface area contributed by atoms with Crippen molar-refractivity contribution in [3.05, 3.63) is 94.9 Å². The molecule has 1 heterocycles. The summed E-state index contributed by atoms with van der Waals surface area (Å²) in [4.78, 5) is 6.01. The Morgan fingerprint density at radius 2 is 1.50 bits per heavy atom. The second-order valence-corrected chi connectivity index (χ2v) is 10.1. The molecule has 0 aliphatic carbocycles. The van der Waals surface area contributed by atoms with Crippen LogP contribution in [0.2, 0.25) is 0 Å². The highest BCUT2D eigenvalue weighted by Gasteiger charge is 2.10. The molecule has 0 spiro atoms. The van der Waals surface area contributed by atoms with E-state index in [0.29, 0.717) is 18.8 Å². The summed E-state index contributed by atoms with van der Waals surface area (Å²) in [7, 11) is 0. The molecule has 0 saturated heterocycles. The number of thiazole rings is 1. The van der Waals surface area contributed by atoms with Crippen LogP contribution in [0.4, 0.5) is 5.13 Å². The summed E-state index contributed by atoms with van der Waals surface area (Å²) in [6.45, 7) is 4.26. The number of rotatable bonds is 14. The average molecular weight is 531 g/mol. The first-order valence-corrected chi connectivity index (χ1v) is 13.6. The van der Waals surface area contributed by atoms with E-state index in [4.69, 9.17) is 25.1 Å². The molecular weight excluding hydrogens is 496 g/mol. The number of aryl methyl sites for hydroxylation is 1. The maximum absolute atomic E-state index is 8.78. The minimum absolute atomic E-state index is 0.0407. The van der Waals surface area contributed by atoms with E-state index in [1.807, 2.05) is 23.7 Å². The number of hydroxylamine groups is 1. The van der Waals surface area contributed by atoms with Gasteiger partial charge in [0, 0.05) is 22.5 Å². The predicted molar refractivity (Wildman–Crippen MR) is 154 cm³/mol. The molecule has 4 aromatic rings. The third kappa shape index (κ3) is 8.06. The summed E-state index contributed by atoms with van der Waals surface area (Å²) in [6.07, 6.45) is 3.86. The maximum Gasteiger partial charge on any atom is 0.183 e. The summed E-state index contributed by atoms with van der Waals surface area (Å²) < 4.78 is 11.7. The van der Waals surface area contributed by atoms with Crippen molar-refractivity contribution in [3.63, 3.8) is 0 Å².